The van der Waals surface area contributed by atoms with Crippen molar-refractivity contribution in [1.29, 1.82) is 0 Å². The van der Waals surface area contributed by atoms with Crippen molar-refractivity contribution < 1.29 is 0 Å². The van der Waals surface area contributed by atoms with Gasteiger partial charge in [-0.05, 0) is 80.2 Å². The Bertz CT molecular complexity index is 741. The Kier molecular flexibility index (Phi) is 6.15. The summed E-state index contributed by atoms with van der Waals surface area (Å²) in [7, 11) is 0. The number of aryl methyl sites for hydroxylation is 1. The number of hydrogen-bond acceptors (Lipinski definition) is 2. The molecular weight excluding hydrogens is 338 g/mol. The Hall–Kier alpha value is -2.07. The molecule has 1 aliphatic rings. The minimum atomic E-state index is 0.161. The molecule has 4 heteroatoms. The molecule has 0 aliphatic carbocycles. The van der Waals surface area contributed by atoms with Crippen molar-refractivity contribution in [3.8, 4) is 0 Å². The molecule has 3 nitrogen and oxygen atoms in total. The van der Waals surface area contributed by atoms with Gasteiger partial charge in [-0.1, -0.05) is 31.2 Å². The predicted molar refractivity (Wildman–Crippen MR) is 116 cm³/mol. The number of benzene rings is 2. The van der Waals surface area contributed by atoms with E-state index in [9.17, 15) is 0 Å². The van der Waals surface area contributed by atoms with Crippen LogP contribution in [0.4, 0.5) is 11.4 Å². The minimum absolute atomic E-state index is 0.161. The van der Waals surface area contributed by atoms with Crippen LogP contribution >= 0.6 is 12.2 Å². The van der Waals surface area contributed by atoms with Crippen LogP contribution in [0.5, 0.6) is 0 Å². The highest BCUT2D eigenvalue weighted by Gasteiger charge is 2.17. The van der Waals surface area contributed by atoms with E-state index < -0.39 is 0 Å². The second-order valence-corrected chi connectivity index (χ2v) is 7.88. The molecule has 2 aromatic carbocycles. The van der Waals surface area contributed by atoms with Gasteiger partial charge >= 0.3 is 0 Å². The Morgan fingerprint density at radius 1 is 1.19 bits per heavy atom. The van der Waals surface area contributed by atoms with E-state index in [2.05, 4.69) is 72.7 Å². The maximum atomic E-state index is 5.47. The second-order valence-electron chi connectivity index (χ2n) is 7.47. The highest BCUT2D eigenvalue weighted by atomic mass is 32.1. The fourth-order valence-electron chi connectivity index (χ4n) is 3.57. The van der Waals surface area contributed by atoms with Crippen LogP contribution in [0.3, 0.4) is 0 Å². The van der Waals surface area contributed by atoms with Crippen molar-refractivity contribution in [2.45, 2.75) is 39.7 Å². The number of nitrogens with one attached hydrogen (secondary N) is 2. The van der Waals surface area contributed by atoms with Crippen LogP contribution in [-0.2, 0) is 0 Å². The normalized spacial score (nSPS) is 18.3. The van der Waals surface area contributed by atoms with Gasteiger partial charge in [-0.15, -0.1) is 0 Å². The zero-order chi connectivity index (χ0) is 18.5. The van der Waals surface area contributed by atoms with E-state index in [1.54, 1.807) is 0 Å². The Balaban J connectivity index is 1.57. The molecular formula is C22H29N3S. The summed E-state index contributed by atoms with van der Waals surface area (Å²) in [5, 5.41) is 7.29. The third-order valence-electron chi connectivity index (χ3n) is 5.04. The summed E-state index contributed by atoms with van der Waals surface area (Å²) in [6.45, 7) is 8.89. The van der Waals surface area contributed by atoms with Gasteiger partial charge in [-0.25, -0.2) is 0 Å². The summed E-state index contributed by atoms with van der Waals surface area (Å²) in [5.74, 6) is 0.786. The Labute approximate surface area is 162 Å². The van der Waals surface area contributed by atoms with E-state index in [4.69, 9.17) is 12.2 Å². The highest BCUT2D eigenvalue weighted by Crippen LogP contribution is 2.24. The predicted octanol–water partition coefficient (Wildman–Crippen LogP) is 5.28. The molecule has 0 spiro atoms. The van der Waals surface area contributed by atoms with Gasteiger partial charge in [0.05, 0.1) is 6.04 Å². The van der Waals surface area contributed by atoms with Gasteiger partial charge in [0.25, 0.3) is 0 Å². The van der Waals surface area contributed by atoms with E-state index in [-0.39, 0.29) is 6.04 Å². The van der Waals surface area contributed by atoms with Crippen molar-refractivity contribution in [3.63, 3.8) is 0 Å². The molecule has 2 atom stereocenters. The van der Waals surface area contributed by atoms with Gasteiger partial charge in [-0.2, -0.15) is 0 Å². The second kappa shape index (κ2) is 8.54. The summed E-state index contributed by atoms with van der Waals surface area (Å²) in [6.07, 6.45) is 2.64. The third-order valence-corrected chi connectivity index (χ3v) is 5.26. The van der Waals surface area contributed by atoms with E-state index >= 15 is 0 Å². The van der Waals surface area contributed by atoms with E-state index in [1.165, 1.54) is 36.2 Å². The maximum absolute atomic E-state index is 5.47. The topological polar surface area (TPSA) is 27.3 Å². The maximum Gasteiger partial charge on any atom is 0.171 e. The molecule has 0 amide bonds. The van der Waals surface area contributed by atoms with Crippen molar-refractivity contribution in [2.24, 2.45) is 5.92 Å². The lowest BCUT2D eigenvalue weighted by atomic mass is 9.99. The first-order chi connectivity index (χ1) is 12.5. The number of thiocarbonyl (C=S) groups is 1. The standard InChI is InChI=1S/C22H29N3S/c1-16-6-4-8-20(14-16)24-22(26)23-18(3)19-9-11-21(12-10-19)25-13-5-7-17(2)15-25/h4,6,8-12,14,17-18H,5,7,13,15H2,1-3H3,(H2,23,24,26). The summed E-state index contributed by atoms with van der Waals surface area (Å²) in [6, 6.07) is 17.3. The molecule has 2 aromatic rings. The quantitative estimate of drug-likeness (QED) is 0.719. The largest absolute Gasteiger partial charge is 0.371 e. The molecule has 1 heterocycles. The van der Waals surface area contributed by atoms with E-state index in [1.807, 2.05) is 12.1 Å². The minimum Gasteiger partial charge on any atom is -0.371 e. The van der Waals surface area contributed by atoms with Gasteiger partial charge in [0.15, 0.2) is 5.11 Å². The van der Waals surface area contributed by atoms with Crippen LogP contribution in [0.25, 0.3) is 0 Å². The van der Waals surface area contributed by atoms with E-state index in [0.717, 1.165) is 18.2 Å². The zero-order valence-electron chi connectivity index (χ0n) is 16.0. The molecule has 0 radical (unpaired) electrons. The van der Waals surface area contributed by atoms with Gasteiger partial charge in [0.2, 0.25) is 0 Å². The molecule has 1 fully saturated rings. The van der Waals surface area contributed by atoms with Crippen LogP contribution in [0, 0.1) is 12.8 Å². The fraction of sp³-hybridized carbons (Fsp3) is 0.409. The molecule has 2 unspecified atom stereocenters. The van der Waals surface area contributed by atoms with Crippen LogP contribution < -0.4 is 15.5 Å². The first-order valence-corrected chi connectivity index (χ1v) is 9.91. The number of nitrogens with zero attached hydrogens (tertiary/aromatic N) is 1. The number of rotatable bonds is 4. The van der Waals surface area contributed by atoms with Crippen molar-refractivity contribution >= 4 is 28.7 Å². The monoisotopic (exact) mass is 367 g/mol. The molecule has 138 valence electrons. The van der Waals surface area contributed by atoms with Crippen LogP contribution in [-0.4, -0.2) is 18.2 Å². The van der Waals surface area contributed by atoms with Gasteiger partial charge in [-0.3, -0.25) is 0 Å². The lowest BCUT2D eigenvalue weighted by Crippen LogP contribution is -2.34. The SMILES string of the molecule is Cc1cccc(NC(=S)NC(C)c2ccc(N3CCCC(C)C3)cc2)c1. The zero-order valence-corrected chi connectivity index (χ0v) is 16.8. The summed E-state index contributed by atoms with van der Waals surface area (Å²) in [5.41, 5.74) is 4.80. The molecule has 0 saturated carbocycles. The third kappa shape index (κ3) is 4.98. The first kappa shape index (κ1) is 18.7. The highest BCUT2D eigenvalue weighted by molar-refractivity contribution is 7.80. The average molecular weight is 368 g/mol. The van der Waals surface area contributed by atoms with Crippen LogP contribution in [0.15, 0.2) is 48.5 Å². The van der Waals surface area contributed by atoms with Gasteiger partial charge in [0.1, 0.15) is 0 Å². The molecule has 1 aliphatic heterocycles. The first-order valence-electron chi connectivity index (χ1n) is 9.50. The van der Waals surface area contributed by atoms with Crippen molar-refractivity contribution in [1.82, 2.24) is 5.32 Å². The van der Waals surface area contributed by atoms with Crippen molar-refractivity contribution in [3.05, 3.63) is 59.7 Å². The summed E-state index contributed by atoms with van der Waals surface area (Å²) < 4.78 is 0. The molecule has 2 N–H and O–H groups in total. The number of anilines is 2. The molecule has 0 aromatic heterocycles. The summed E-state index contributed by atoms with van der Waals surface area (Å²) >= 11 is 5.47. The number of hydrogen-bond donors (Lipinski definition) is 2. The van der Waals surface area contributed by atoms with Crippen LogP contribution in [0.1, 0.15) is 43.9 Å². The molecule has 26 heavy (non-hydrogen) atoms. The summed E-state index contributed by atoms with van der Waals surface area (Å²) in [4.78, 5) is 2.50. The molecule has 3 rings (SSSR count). The average Bonchev–Trinajstić information content (AvgIpc) is 2.61. The molecule has 0 bridgehead atoms. The van der Waals surface area contributed by atoms with E-state index in [0.29, 0.717) is 5.11 Å². The smallest absolute Gasteiger partial charge is 0.171 e. The lowest BCUT2D eigenvalue weighted by molar-refractivity contribution is 0.447. The Morgan fingerprint density at radius 3 is 2.65 bits per heavy atom. The fourth-order valence-corrected chi connectivity index (χ4v) is 3.86. The van der Waals surface area contributed by atoms with Crippen LogP contribution in [0.2, 0.25) is 0 Å². The lowest BCUT2D eigenvalue weighted by Gasteiger charge is -2.33. The van der Waals surface area contributed by atoms with Gasteiger partial charge < -0.3 is 15.5 Å². The number of piperidine rings is 1. The van der Waals surface area contributed by atoms with Gasteiger partial charge in [0, 0.05) is 24.5 Å². The van der Waals surface area contributed by atoms with Crippen molar-refractivity contribution in [2.75, 3.05) is 23.3 Å². The Morgan fingerprint density at radius 2 is 1.96 bits per heavy atom. The molecule has 1 saturated heterocycles.